The van der Waals surface area contributed by atoms with Gasteiger partial charge in [-0.05, 0) is 55.1 Å². The molecule has 9 heteroatoms. The Bertz CT molecular complexity index is 989. The molecule has 3 rings (SSSR count). The Morgan fingerprint density at radius 3 is 2.54 bits per heavy atom. The number of amides is 1. The minimum Gasteiger partial charge on any atom is -0.378 e. The van der Waals surface area contributed by atoms with Gasteiger partial charge >= 0.3 is 0 Å². The van der Waals surface area contributed by atoms with Gasteiger partial charge in [-0.2, -0.15) is 0 Å². The standard InChI is InChI=1S/C19H21ClN2O4S2/c1-13-11-14(20)3-5-17(13)21-28(24,25)15-4-6-18(27-2)16(12-15)19(23)22-7-9-26-10-8-22/h3-6,11-12,21H,7-10H2,1-2H3. The first-order valence-corrected chi connectivity index (χ1v) is 11.7. The number of anilines is 1. The number of nitrogens with one attached hydrogen (secondary N) is 1. The normalized spacial score (nSPS) is 14.8. The van der Waals surface area contributed by atoms with Crippen LogP contribution in [0.25, 0.3) is 0 Å². The van der Waals surface area contributed by atoms with Crippen LogP contribution in [0.2, 0.25) is 5.02 Å². The fraction of sp³-hybridized carbons (Fsp3) is 0.316. The number of morpholine rings is 1. The topological polar surface area (TPSA) is 75.7 Å². The molecule has 0 aromatic heterocycles. The number of carbonyl (C=O) groups is 1. The average molecular weight is 441 g/mol. The summed E-state index contributed by atoms with van der Waals surface area (Å²) in [7, 11) is -3.86. The molecule has 0 aliphatic carbocycles. The second-order valence-electron chi connectivity index (χ2n) is 6.33. The third-order valence-electron chi connectivity index (χ3n) is 4.44. The van der Waals surface area contributed by atoms with E-state index >= 15 is 0 Å². The van der Waals surface area contributed by atoms with Gasteiger partial charge < -0.3 is 9.64 Å². The zero-order valence-electron chi connectivity index (χ0n) is 15.6. The highest BCUT2D eigenvalue weighted by Gasteiger charge is 2.24. The second kappa shape index (κ2) is 8.73. The van der Waals surface area contributed by atoms with Crippen LogP contribution in [0.5, 0.6) is 0 Å². The summed E-state index contributed by atoms with van der Waals surface area (Å²) in [5, 5.41) is 0.531. The van der Waals surface area contributed by atoms with Gasteiger partial charge in [0.15, 0.2) is 0 Å². The SMILES string of the molecule is CSc1ccc(S(=O)(=O)Nc2ccc(Cl)cc2C)cc1C(=O)N1CCOCC1. The lowest BCUT2D eigenvalue weighted by molar-refractivity contribution is 0.0300. The van der Waals surface area contributed by atoms with Crippen LogP contribution in [0.15, 0.2) is 46.2 Å². The van der Waals surface area contributed by atoms with Gasteiger partial charge in [0, 0.05) is 23.0 Å². The number of hydrogen-bond donors (Lipinski definition) is 1. The van der Waals surface area contributed by atoms with Crippen molar-refractivity contribution in [3.8, 4) is 0 Å². The van der Waals surface area contributed by atoms with Gasteiger partial charge in [0.1, 0.15) is 0 Å². The summed E-state index contributed by atoms with van der Waals surface area (Å²) in [6.07, 6.45) is 1.86. The number of carbonyl (C=O) groups excluding carboxylic acids is 1. The Hall–Kier alpha value is -1.74. The van der Waals surface area contributed by atoms with Crippen molar-refractivity contribution in [1.82, 2.24) is 4.90 Å². The van der Waals surface area contributed by atoms with Gasteiger partial charge in [-0.1, -0.05) is 11.6 Å². The van der Waals surface area contributed by atoms with Crippen LogP contribution in [0.1, 0.15) is 15.9 Å². The number of aryl methyl sites for hydroxylation is 1. The Kier molecular flexibility index (Phi) is 6.54. The highest BCUT2D eigenvalue weighted by atomic mass is 35.5. The van der Waals surface area contributed by atoms with Gasteiger partial charge in [0.2, 0.25) is 0 Å². The zero-order valence-corrected chi connectivity index (χ0v) is 18.0. The Morgan fingerprint density at radius 2 is 1.89 bits per heavy atom. The number of ether oxygens (including phenoxy) is 1. The molecule has 0 unspecified atom stereocenters. The maximum atomic E-state index is 12.9. The number of sulfonamides is 1. The third-order valence-corrected chi connectivity index (χ3v) is 6.84. The number of rotatable bonds is 5. The summed E-state index contributed by atoms with van der Waals surface area (Å²) >= 11 is 7.34. The van der Waals surface area contributed by atoms with E-state index in [9.17, 15) is 13.2 Å². The lowest BCUT2D eigenvalue weighted by Crippen LogP contribution is -2.41. The summed E-state index contributed by atoms with van der Waals surface area (Å²) in [6, 6.07) is 9.54. The highest BCUT2D eigenvalue weighted by molar-refractivity contribution is 7.98. The predicted molar refractivity (Wildman–Crippen MR) is 112 cm³/mol. The molecule has 1 heterocycles. The lowest BCUT2D eigenvalue weighted by atomic mass is 10.2. The largest absolute Gasteiger partial charge is 0.378 e. The first-order valence-electron chi connectivity index (χ1n) is 8.66. The number of nitrogens with zero attached hydrogens (tertiary/aromatic N) is 1. The second-order valence-corrected chi connectivity index (χ2v) is 9.30. The average Bonchev–Trinajstić information content (AvgIpc) is 2.69. The van der Waals surface area contributed by atoms with E-state index in [1.165, 1.54) is 23.9 Å². The molecule has 0 bridgehead atoms. The Labute approximate surface area is 174 Å². The van der Waals surface area contributed by atoms with Gasteiger partial charge in [0.25, 0.3) is 15.9 Å². The zero-order chi connectivity index (χ0) is 20.3. The molecule has 2 aromatic carbocycles. The molecule has 1 aliphatic heterocycles. The van der Waals surface area contributed by atoms with Crippen molar-refractivity contribution in [1.29, 1.82) is 0 Å². The van der Waals surface area contributed by atoms with Crippen LogP contribution < -0.4 is 4.72 Å². The van der Waals surface area contributed by atoms with E-state index in [1.807, 2.05) is 6.26 Å². The molecule has 0 saturated carbocycles. The Morgan fingerprint density at radius 1 is 1.18 bits per heavy atom. The summed E-state index contributed by atoms with van der Waals surface area (Å²) in [5.41, 5.74) is 1.53. The van der Waals surface area contributed by atoms with Crippen molar-refractivity contribution in [2.24, 2.45) is 0 Å². The maximum Gasteiger partial charge on any atom is 0.261 e. The molecule has 1 aliphatic rings. The van der Waals surface area contributed by atoms with Crippen molar-refractivity contribution in [2.75, 3.05) is 37.3 Å². The summed E-state index contributed by atoms with van der Waals surface area (Å²) in [6.45, 7) is 3.72. The molecule has 1 N–H and O–H groups in total. The molecule has 0 spiro atoms. The smallest absolute Gasteiger partial charge is 0.261 e. The van der Waals surface area contributed by atoms with Crippen LogP contribution >= 0.6 is 23.4 Å². The number of benzene rings is 2. The van der Waals surface area contributed by atoms with Crippen molar-refractivity contribution >= 4 is 45.0 Å². The molecule has 0 atom stereocenters. The maximum absolute atomic E-state index is 12.9. The van der Waals surface area contributed by atoms with E-state index in [4.69, 9.17) is 16.3 Å². The molecular weight excluding hydrogens is 420 g/mol. The van der Waals surface area contributed by atoms with E-state index in [1.54, 1.807) is 36.1 Å². The quantitative estimate of drug-likeness (QED) is 0.718. The molecule has 1 amide bonds. The highest BCUT2D eigenvalue weighted by Crippen LogP contribution is 2.28. The minimum absolute atomic E-state index is 0.0382. The van der Waals surface area contributed by atoms with Crippen LogP contribution in [0.3, 0.4) is 0 Å². The third kappa shape index (κ3) is 4.63. The van der Waals surface area contributed by atoms with Crippen LogP contribution in [0, 0.1) is 6.92 Å². The van der Waals surface area contributed by atoms with Crippen LogP contribution in [-0.4, -0.2) is 51.8 Å². The summed E-state index contributed by atoms with van der Waals surface area (Å²) in [4.78, 5) is 15.4. The lowest BCUT2D eigenvalue weighted by Gasteiger charge is -2.27. The van der Waals surface area contributed by atoms with Gasteiger partial charge in [-0.25, -0.2) is 8.42 Å². The van der Waals surface area contributed by atoms with Crippen molar-refractivity contribution in [2.45, 2.75) is 16.7 Å². The minimum atomic E-state index is -3.86. The number of hydrogen-bond acceptors (Lipinski definition) is 5. The van der Waals surface area contributed by atoms with Gasteiger partial charge in [-0.15, -0.1) is 11.8 Å². The van der Waals surface area contributed by atoms with E-state index in [-0.39, 0.29) is 10.8 Å². The van der Waals surface area contributed by atoms with Gasteiger partial charge in [0.05, 0.1) is 29.4 Å². The first kappa shape index (κ1) is 21.0. The molecule has 2 aromatic rings. The molecule has 150 valence electrons. The molecule has 6 nitrogen and oxygen atoms in total. The molecule has 28 heavy (non-hydrogen) atoms. The van der Waals surface area contributed by atoms with E-state index in [0.717, 1.165) is 4.90 Å². The fourth-order valence-electron chi connectivity index (χ4n) is 2.90. The van der Waals surface area contributed by atoms with E-state index in [0.29, 0.717) is 48.1 Å². The van der Waals surface area contributed by atoms with Gasteiger partial charge in [-0.3, -0.25) is 9.52 Å². The molecule has 1 fully saturated rings. The predicted octanol–water partition coefficient (Wildman–Crippen LogP) is 3.64. The number of halogens is 1. The van der Waals surface area contributed by atoms with Crippen molar-refractivity contribution in [3.63, 3.8) is 0 Å². The van der Waals surface area contributed by atoms with E-state index < -0.39 is 10.0 Å². The summed E-state index contributed by atoms with van der Waals surface area (Å²) < 4.78 is 33.7. The fourth-order valence-corrected chi connectivity index (χ4v) is 4.86. The summed E-state index contributed by atoms with van der Waals surface area (Å²) in [5.74, 6) is -0.188. The van der Waals surface area contributed by atoms with Crippen LogP contribution in [0.4, 0.5) is 5.69 Å². The first-order chi connectivity index (χ1) is 13.3. The molecular formula is C19H21ClN2O4S2. The van der Waals surface area contributed by atoms with E-state index in [2.05, 4.69) is 4.72 Å². The molecule has 1 saturated heterocycles. The van der Waals surface area contributed by atoms with Crippen molar-refractivity contribution < 1.29 is 17.9 Å². The monoisotopic (exact) mass is 440 g/mol. The Balaban J connectivity index is 1.94. The van der Waals surface area contributed by atoms with Crippen molar-refractivity contribution in [3.05, 3.63) is 52.5 Å². The molecule has 0 radical (unpaired) electrons. The number of thioether (sulfide) groups is 1. The van der Waals surface area contributed by atoms with Crippen LogP contribution in [-0.2, 0) is 14.8 Å².